The van der Waals surface area contributed by atoms with Crippen molar-refractivity contribution in [3.8, 4) is 0 Å². The van der Waals surface area contributed by atoms with E-state index in [1.807, 2.05) is 0 Å². The van der Waals surface area contributed by atoms with Gasteiger partial charge in [0.15, 0.2) is 0 Å². The Morgan fingerprint density at radius 3 is 1.17 bits per heavy atom. The van der Waals surface area contributed by atoms with E-state index in [9.17, 15) is 9.59 Å². The minimum Gasteiger partial charge on any atom is -0.662 e. The molecule has 0 aromatic carbocycles. The molecule has 16 nitrogen and oxygen atoms in total. The number of hydrazine groups is 1. The summed E-state index contributed by atoms with van der Waals surface area (Å²) in [6.07, 6.45) is 0. The maximum Gasteiger partial charge on any atom is 1.00 e. The van der Waals surface area contributed by atoms with E-state index in [0.717, 1.165) is 0 Å². The molecule has 21 N–H and O–H groups in total. The summed E-state index contributed by atoms with van der Waals surface area (Å²) in [6, 6.07) is -2.30. The molecule has 0 aliphatic carbocycles. The van der Waals surface area contributed by atoms with Gasteiger partial charge in [-0.1, -0.05) is 0 Å². The average Bonchev–Trinajstić information content (AvgIpc) is 2.29. The normalized spacial score (nSPS) is 4.67. The number of hydrogen-bond acceptors (Lipinski definition) is 8. The Hall–Kier alpha value is -0.180. The van der Waals surface area contributed by atoms with Gasteiger partial charge in [-0.25, -0.2) is 25.2 Å². The zero-order valence-corrected chi connectivity index (χ0v) is 18.6. The molecule has 0 unspecified atom stereocenters. The number of nitrogens with two attached hydrogens (primary N) is 3. The summed E-state index contributed by atoms with van der Waals surface area (Å²) in [4.78, 5) is 39.9. The molecule has 0 bridgehead atoms. The van der Waals surface area contributed by atoms with Crippen molar-refractivity contribution in [3.05, 3.63) is 0 Å². The molecule has 0 aliphatic heterocycles. The van der Waals surface area contributed by atoms with Gasteiger partial charge in [-0.3, -0.25) is 10.5 Å². The molecule has 0 saturated carbocycles. The second-order valence-corrected chi connectivity index (χ2v) is 1.64. The predicted molar refractivity (Wildman–Crippen MR) is 79.8 cm³/mol. The predicted octanol–water partition coefficient (Wildman–Crippen LogP) is -8.34. The van der Waals surface area contributed by atoms with Gasteiger partial charge in [0.05, 0.1) is 0 Å². The van der Waals surface area contributed by atoms with Crippen molar-refractivity contribution in [2.45, 2.75) is 0 Å². The van der Waals surface area contributed by atoms with Crippen molar-refractivity contribution in [2.75, 3.05) is 0 Å². The zero-order valence-electron chi connectivity index (χ0n) is 13.1. The van der Waals surface area contributed by atoms with Crippen LogP contribution in [0.4, 0.5) is 14.4 Å². The van der Waals surface area contributed by atoms with Gasteiger partial charge in [-0.15, -0.1) is 0 Å². The Morgan fingerprint density at radius 2 is 1.12 bits per heavy atom. The van der Waals surface area contributed by atoms with Crippen LogP contribution in [-0.4, -0.2) is 65.1 Å². The molecule has 0 heterocycles. The Morgan fingerprint density at radius 1 is 1.00 bits per heavy atom. The molecule has 0 aromatic rings. The van der Waals surface area contributed by atoms with Crippen molar-refractivity contribution in [1.29, 1.82) is 0 Å². The molecule has 1 radical (unpaired) electrons. The molecular formula is C4H22Cl2N8Na2O8+. The summed E-state index contributed by atoms with van der Waals surface area (Å²) in [5.74, 6) is 0. The van der Waals surface area contributed by atoms with Crippen LogP contribution >= 0.6 is 21.7 Å². The van der Waals surface area contributed by atoms with Gasteiger partial charge in [0.1, 0.15) is 0 Å². The first kappa shape index (κ1) is 64.9. The number of carbonyl (C=O) groups is 4. The van der Waals surface area contributed by atoms with E-state index in [1.165, 1.54) is 0 Å². The fourth-order valence-electron chi connectivity index (χ4n) is 0.123. The van der Waals surface area contributed by atoms with Gasteiger partial charge >= 0.3 is 47.7 Å². The largest absolute Gasteiger partial charge is 1.00 e. The topological polar surface area (TPSA) is 363 Å². The van der Waals surface area contributed by atoms with Gasteiger partial charge in [0, 0.05) is 51.3 Å². The van der Waals surface area contributed by atoms with Crippen LogP contribution in [0.25, 0.3) is 0 Å². The molecule has 0 aromatic heterocycles. The molecule has 6 amide bonds. The monoisotopic (exact) mass is 426 g/mol. The number of amides is 6. The number of halogens is 2. The third kappa shape index (κ3) is 279. The van der Waals surface area contributed by atoms with E-state index in [-0.39, 0.29) is 88.8 Å². The fourth-order valence-corrected chi connectivity index (χ4v) is 0.123. The summed E-state index contributed by atoms with van der Waals surface area (Å²) < 4.78 is 0. The van der Waals surface area contributed by atoms with Gasteiger partial charge < -0.3 is 50.6 Å². The van der Waals surface area contributed by atoms with Crippen LogP contribution in [0.2, 0.25) is 0 Å². The second kappa shape index (κ2) is 66.1. The molecule has 0 fully saturated rings. The van der Waals surface area contributed by atoms with Crippen LogP contribution in [-0.2, 0) is 9.68 Å². The smallest absolute Gasteiger partial charge is 0.662 e. The number of urea groups is 3. The molecule has 20 heteroatoms. The maximum atomic E-state index is 9.74. The van der Waals surface area contributed by atoms with E-state index in [2.05, 4.69) is 49.5 Å². The SMILES string of the molecule is ClCl.N.N.NC(=O)NNC(N)=O.NC([NH3+])=O.O.O.O=CO[O-].[Na+].[Na]. The van der Waals surface area contributed by atoms with E-state index in [4.69, 9.17) is 14.8 Å². The van der Waals surface area contributed by atoms with Crippen molar-refractivity contribution >= 4 is 75.8 Å². The molecule has 0 rings (SSSR count). The first-order chi connectivity index (χ1) is 8.27. The van der Waals surface area contributed by atoms with Crippen LogP contribution in [0.5, 0.6) is 0 Å². The average molecular weight is 427 g/mol. The van der Waals surface area contributed by atoms with Crippen LogP contribution in [0, 0.1) is 0 Å². The Bertz CT molecular complexity index is 238. The van der Waals surface area contributed by atoms with E-state index in [1.54, 1.807) is 10.9 Å². The number of nitrogens with one attached hydrogen (secondary N) is 2. The first-order valence-corrected chi connectivity index (χ1v) is 4.51. The summed E-state index contributed by atoms with van der Waals surface area (Å²) in [7, 11) is 8.22. The number of primary amides is 3. The minimum absolute atomic E-state index is 0. The molecule has 24 heavy (non-hydrogen) atoms. The zero-order chi connectivity index (χ0) is 15.6. The number of quaternary nitrogens is 1. The first-order valence-electron chi connectivity index (χ1n) is 3.36. The summed E-state index contributed by atoms with van der Waals surface area (Å²) >= 11 is 0. The second-order valence-electron chi connectivity index (χ2n) is 1.64. The molecule has 0 atom stereocenters. The van der Waals surface area contributed by atoms with Crippen molar-refractivity contribution in [1.82, 2.24) is 23.2 Å². The molecule has 0 spiro atoms. The number of carbonyl (C=O) groups excluding carboxylic acids is 4. The third-order valence-corrected chi connectivity index (χ3v) is 0.348. The summed E-state index contributed by atoms with van der Waals surface area (Å²) in [5.41, 5.74) is 19.7. The quantitative estimate of drug-likeness (QED) is 0.0856. The van der Waals surface area contributed by atoms with Crippen molar-refractivity contribution in [3.63, 3.8) is 0 Å². The van der Waals surface area contributed by atoms with E-state index >= 15 is 0 Å². The summed E-state index contributed by atoms with van der Waals surface area (Å²) in [5, 5.41) is 8.43. The molecule has 0 saturated heterocycles. The molecule has 141 valence electrons. The Kier molecular flexibility index (Phi) is 179. The standard InChI is InChI=1S/C2H6N4O2.CH4N2O.CH2O3.Cl2.2H3N.2Na.2H2O/c3-1(7)5-6-2(4)8;2-1(3)4;2-1-4-3;1-2;;;;;;/h(H3,3,5,7)(H3,4,6,8);(H4,2,3,4);1,3H;;2*1H3;;;2*1H2/q;;;;;;;+1;;. The minimum atomic E-state index is -0.858. The van der Waals surface area contributed by atoms with Gasteiger partial charge in [-0.2, -0.15) is 0 Å². The number of rotatable bonds is 1. The third-order valence-electron chi connectivity index (χ3n) is 0.348. The molecule has 0 aliphatic rings. The van der Waals surface area contributed by atoms with Gasteiger partial charge in [0.25, 0.3) is 6.47 Å². The van der Waals surface area contributed by atoms with Crippen molar-refractivity contribution in [2.24, 2.45) is 17.2 Å². The van der Waals surface area contributed by atoms with Crippen LogP contribution < -0.4 is 80.9 Å². The Balaban J connectivity index is -0.0000000137. The van der Waals surface area contributed by atoms with E-state index in [0.29, 0.717) is 0 Å². The van der Waals surface area contributed by atoms with Gasteiger partial charge in [0.2, 0.25) is 0 Å². The molecular weight excluding hydrogens is 405 g/mol. The van der Waals surface area contributed by atoms with Crippen LogP contribution in [0.15, 0.2) is 0 Å². The Labute approximate surface area is 190 Å². The van der Waals surface area contributed by atoms with Crippen LogP contribution in [0.1, 0.15) is 0 Å². The van der Waals surface area contributed by atoms with Crippen molar-refractivity contribution < 1.29 is 75.6 Å². The number of hydrogen-bond donors (Lipinski definition) is 8. The fraction of sp³-hybridized carbons (Fsp3) is 0. The summed E-state index contributed by atoms with van der Waals surface area (Å²) in [6.45, 7) is -0.181. The van der Waals surface area contributed by atoms with E-state index < -0.39 is 18.1 Å². The van der Waals surface area contributed by atoms with Crippen LogP contribution in [0.3, 0.4) is 0 Å². The van der Waals surface area contributed by atoms with Gasteiger partial charge in [-0.05, 0) is 0 Å². The maximum absolute atomic E-state index is 9.74.